The number of rotatable bonds is 4. The molecule has 0 aromatic rings. The molecule has 3 atom stereocenters. The summed E-state index contributed by atoms with van der Waals surface area (Å²) in [7, 11) is 0. The molecule has 92 valence electrons. The molecule has 3 heteroatoms. The van der Waals surface area contributed by atoms with Gasteiger partial charge in [0, 0.05) is 12.8 Å². The summed E-state index contributed by atoms with van der Waals surface area (Å²) in [4.78, 5) is 0. The van der Waals surface area contributed by atoms with Crippen LogP contribution in [0.4, 0.5) is 0 Å². The van der Waals surface area contributed by atoms with E-state index in [2.05, 4.69) is 13.0 Å². The molecule has 3 nitrogen and oxygen atoms in total. The molecule has 0 amide bonds. The first kappa shape index (κ1) is 13.4. The van der Waals surface area contributed by atoms with Crippen molar-refractivity contribution in [2.45, 2.75) is 51.4 Å². The Morgan fingerprint density at radius 3 is 2.75 bits per heavy atom. The van der Waals surface area contributed by atoms with Crippen molar-refractivity contribution in [2.75, 3.05) is 6.61 Å². The molecule has 0 spiro atoms. The third-order valence-corrected chi connectivity index (χ3v) is 2.75. The standard InChI is InChI=1S/C13H22O3/c1-3-5-10(6-4-2)13-8-11(15)7-12(9-14)16-13/h3,5-6,11-15H,4,7-9H2,1-2H3/b5-3-,10-6+. The van der Waals surface area contributed by atoms with Crippen LogP contribution in [0.15, 0.2) is 23.8 Å². The number of ether oxygens (including phenoxy) is 1. The molecule has 1 aliphatic heterocycles. The van der Waals surface area contributed by atoms with E-state index < -0.39 is 0 Å². The van der Waals surface area contributed by atoms with Crippen molar-refractivity contribution in [1.82, 2.24) is 0 Å². The fraction of sp³-hybridized carbons (Fsp3) is 0.692. The predicted octanol–water partition coefficient (Wildman–Crippen LogP) is 1.80. The van der Waals surface area contributed by atoms with Gasteiger partial charge in [0.1, 0.15) is 0 Å². The van der Waals surface area contributed by atoms with Crippen LogP contribution in [0.5, 0.6) is 0 Å². The molecular weight excluding hydrogens is 204 g/mol. The average molecular weight is 226 g/mol. The van der Waals surface area contributed by atoms with Gasteiger partial charge >= 0.3 is 0 Å². The van der Waals surface area contributed by atoms with E-state index in [1.165, 1.54) is 0 Å². The predicted molar refractivity (Wildman–Crippen MR) is 64.2 cm³/mol. The van der Waals surface area contributed by atoms with E-state index in [1.54, 1.807) is 0 Å². The molecule has 1 rings (SSSR count). The molecular formula is C13H22O3. The quantitative estimate of drug-likeness (QED) is 0.719. The molecule has 1 fully saturated rings. The van der Waals surface area contributed by atoms with Crippen molar-refractivity contribution in [1.29, 1.82) is 0 Å². The van der Waals surface area contributed by atoms with E-state index in [-0.39, 0.29) is 24.9 Å². The van der Waals surface area contributed by atoms with E-state index in [0.29, 0.717) is 12.8 Å². The van der Waals surface area contributed by atoms with Gasteiger partial charge in [-0.2, -0.15) is 0 Å². The molecule has 1 saturated heterocycles. The zero-order valence-electron chi connectivity index (χ0n) is 10.1. The highest BCUT2D eigenvalue weighted by molar-refractivity contribution is 5.23. The van der Waals surface area contributed by atoms with Gasteiger partial charge < -0.3 is 14.9 Å². The maximum absolute atomic E-state index is 9.72. The van der Waals surface area contributed by atoms with Crippen LogP contribution in [0, 0.1) is 0 Å². The molecule has 16 heavy (non-hydrogen) atoms. The molecule has 2 N–H and O–H groups in total. The van der Waals surface area contributed by atoms with E-state index in [1.807, 2.05) is 19.1 Å². The second-order valence-electron chi connectivity index (χ2n) is 4.17. The van der Waals surface area contributed by atoms with E-state index >= 15 is 0 Å². The normalized spacial score (nSPS) is 32.2. The Bertz CT molecular complexity index is 258. The van der Waals surface area contributed by atoms with Gasteiger partial charge in [0.05, 0.1) is 24.9 Å². The Hall–Kier alpha value is -0.640. The monoisotopic (exact) mass is 226 g/mol. The van der Waals surface area contributed by atoms with Gasteiger partial charge in [-0.05, 0) is 18.9 Å². The van der Waals surface area contributed by atoms with Crippen LogP contribution in [0.2, 0.25) is 0 Å². The summed E-state index contributed by atoms with van der Waals surface area (Å²) in [6, 6.07) is 0. The van der Waals surface area contributed by atoms with Crippen molar-refractivity contribution < 1.29 is 14.9 Å². The Morgan fingerprint density at radius 1 is 1.44 bits per heavy atom. The highest BCUT2D eigenvalue weighted by atomic mass is 16.5. The number of aliphatic hydroxyl groups excluding tert-OH is 2. The number of hydrogen-bond acceptors (Lipinski definition) is 3. The number of hydrogen-bond donors (Lipinski definition) is 2. The Labute approximate surface area is 97.4 Å². The smallest absolute Gasteiger partial charge is 0.0851 e. The SMILES string of the molecule is C/C=C\C(=C/CC)C1CC(O)CC(CO)O1. The molecule has 0 aliphatic carbocycles. The first-order valence-corrected chi connectivity index (χ1v) is 5.98. The summed E-state index contributed by atoms with van der Waals surface area (Å²) in [6.45, 7) is 4.02. The Morgan fingerprint density at radius 2 is 2.19 bits per heavy atom. The Kier molecular flexibility index (Phi) is 5.74. The third kappa shape index (κ3) is 3.74. The lowest BCUT2D eigenvalue weighted by Gasteiger charge is -2.33. The van der Waals surface area contributed by atoms with E-state index in [4.69, 9.17) is 9.84 Å². The fourth-order valence-corrected chi connectivity index (χ4v) is 2.06. The molecule has 1 aliphatic rings. The van der Waals surface area contributed by atoms with Crippen LogP contribution < -0.4 is 0 Å². The molecule has 0 bridgehead atoms. The van der Waals surface area contributed by atoms with E-state index in [9.17, 15) is 5.11 Å². The highest BCUT2D eigenvalue weighted by Crippen LogP contribution is 2.25. The lowest BCUT2D eigenvalue weighted by atomic mass is 9.95. The van der Waals surface area contributed by atoms with Crippen molar-refractivity contribution in [3.63, 3.8) is 0 Å². The van der Waals surface area contributed by atoms with Crippen LogP contribution >= 0.6 is 0 Å². The zero-order chi connectivity index (χ0) is 12.0. The largest absolute Gasteiger partial charge is 0.394 e. The van der Waals surface area contributed by atoms with Crippen LogP contribution in [0.25, 0.3) is 0 Å². The first-order valence-electron chi connectivity index (χ1n) is 5.98. The van der Waals surface area contributed by atoms with Crippen molar-refractivity contribution in [2.24, 2.45) is 0 Å². The summed E-state index contributed by atoms with van der Waals surface area (Å²) in [5, 5.41) is 18.8. The molecule has 0 aromatic carbocycles. The summed E-state index contributed by atoms with van der Waals surface area (Å²) >= 11 is 0. The molecule has 0 saturated carbocycles. The highest BCUT2D eigenvalue weighted by Gasteiger charge is 2.29. The van der Waals surface area contributed by atoms with Gasteiger partial charge in [0.2, 0.25) is 0 Å². The van der Waals surface area contributed by atoms with Crippen LogP contribution in [-0.4, -0.2) is 35.1 Å². The fourth-order valence-electron chi connectivity index (χ4n) is 2.06. The van der Waals surface area contributed by atoms with Crippen LogP contribution in [0.3, 0.4) is 0 Å². The van der Waals surface area contributed by atoms with Gasteiger partial charge in [0.15, 0.2) is 0 Å². The second-order valence-corrected chi connectivity index (χ2v) is 4.17. The maximum atomic E-state index is 9.72. The average Bonchev–Trinajstić information content (AvgIpc) is 2.28. The molecule has 1 heterocycles. The minimum Gasteiger partial charge on any atom is -0.394 e. The summed E-state index contributed by atoms with van der Waals surface area (Å²) in [5.41, 5.74) is 1.10. The number of aliphatic hydroxyl groups is 2. The maximum Gasteiger partial charge on any atom is 0.0851 e. The van der Waals surface area contributed by atoms with Crippen molar-refractivity contribution in [3.05, 3.63) is 23.8 Å². The lowest BCUT2D eigenvalue weighted by Crippen LogP contribution is -2.38. The minimum absolute atomic E-state index is 0.0250. The van der Waals surface area contributed by atoms with Crippen LogP contribution in [0.1, 0.15) is 33.1 Å². The molecule has 3 unspecified atom stereocenters. The van der Waals surface area contributed by atoms with Gasteiger partial charge in [0.25, 0.3) is 0 Å². The summed E-state index contributed by atoms with van der Waals surface area (Å²) in [5.74, 6) is 0. The van der Waals surface area contributed by atoms with Gasteiger partial charge in [-0.15, -0.1) is 0 Å². The van der Waals surface area contributed by atoms with Crippen molar-refractivity contribution >= 4 is 0 Å². The third-order valence-electron chi connectivity index (χ3n) is 2.75. The summed E-state index contributed by atoms with van der Waals surface area (Å²) in [6.07, 6.45) is 7.49. The molecule has 0 radical (unpaired) electrons. The van der Waals surface area contributed by atoms with E-state index in [0.717, 1.165) is 12.0 Å². The van der Waals surface area contributed by atoms with Crippen LogP contribution in [-0.2, 0) is 4.74 Å². The Balaban J connectivity index is 2.72. The van der Waals surface area contributed by atoms with Gasteiger partial charge in [-0.3, -0.25) is 0 Å². The number of allylic oxidation sites excluding steroid dienone is 2. The second kappa shape index (κ2) is 6.84. The zero-order valence-corrected chi connectivity index (χ0v) is 10.1. The van der Waals surface area contributed by atoms with Gasteiger partial charge in [-0.1, -0.05) is 25.2 Å². The first-order chi connectivity index (χ1) is 7.71. The summed E-state index contributed by atoms with van der Waals surface area (Å²) < 4.78 is 5.74. The topological polar surface area (TPSA) is 49.7 Å². The van der Waals surface area contributed by atoms with Gasteiger partial charge in [-0.25, -0.2) is 0 Å². The van der Waals surface area contributed by atoms with Crippen molar-refractivity contribution in [3.8, 4) is 0 Å². The molecule has 0 aromatic heterocycles. The minimum atomic E-state index is -0.374. The lowest BCUT2D eigenvalue weighted by molar-refractivity contribution is -0.0964.